The molecule has 4 heavy (non-hydrogen) atoms. The molecule has 0 rings (SSSR count). The van der Waals surface area contributed by atoms with Crippen molar-refractivity contribution >= 4 is 19.4 Å². The predicted molar refractivity (Wildman–Crippen MR) is 21.3 cm³/mol. The van der Waals surface area contributed by atoms with Crippen molar-refractivity contribution in [1.29, 1.82) is 0 Å². The van der Waals surface area contributed by atoms with Crippen molar-refractivity contribution in [2.75, 3.05) is 0 Å². The smallest absolute Gasteiger partial charge is 0.0149 e. The summed E-state index contributed by atoms with van der Waals surface area (Å²) in [5, 5.41) is 0. The standard InChI is InChI=1S/BH3.Mo.H4Si.Zr/h1H3;;1H4;. The van der Waals surface area contributed by atoms with Gasteiger partial charge < -0.3 is 0 Å². The Morgan fingerprint density at radius 2 is 1.00 bits per heavy atom. The fourth-order valence-corrected chi connectivity index (χ4v) is 0. The van der Waals surface area contributed by atoms with Crippen molar-refractivity contribution in [3.8, 4) is 0 Å². The molecule has 0 aromatic heterocycles. The second kappa shape index (κ2) is 21.0. The van der Waals surface area contributed by atoms with Crippen LogP contribution in [0.25, 0.3) is 0 Å². The number of hydrogen-bond acceptors (Lipinski definition) is 0. The van der Waals surface area contributed by atoms with Crippen molar-refractivity contribution < 1.29 is 47.3 Å². The van der Waals surface area contributed by atoms with E-state index in [2.05, 4.69) is 0 Å². The van der Waals surface area contributed by atoms with Gasteiger partial charge in [-0.05, 0) is 11.0 Å². The number of hydrogen-bond donors (Lipinski definition) is 0. The van der Waals surface area contributed by atoms with Crippen molar-refractivity contribution in [3.05, 3.63) is 0 Å². The van der Waals surface area contributed by atoms with Gasteiger partial charge in [-0.2, -0.15) is 0 Å². The van der Waals surface area contributed by atoms with Crippen LogP contribution in [0.3, 0.4) is 0 Å². The van der Waals surface area contributed by atoms with E-state index < -0.39 is 0 Å². The summed E-state index contributed by atoms with van der Waals surface area (Å²) in [4.78, 5) is 0. The average Bonchev–Trinajstić information content (AvgIpc) is 0. The zero-order valence-electron chi connectivity index (χ0n) is 0.908. The fourth-order valence-electron chi connectivity index (χ4n) is 0. The van der Waals surface area contributed by atoms with Crippen LogP contribution in [0.1, 0.15) is 0 Å². The van der Waals surface area contributed by atoms with Gasteiger partial charge in [0.2, 0.25) is 0 Å². The van der Waals surface area contributed by atoms with Gasteiger partial charge in [-0.15, -0.1) is 0 Å². The Kier molecular flexibility index (Phi) is 211. The normalized spacial score (nSPS) is 0. The molecule has 0 fully saturated rings. The topological polar surface area (TPSA) is 0 Å². The Bertz CT molecular complexity index is 8.00. The van der Waals surface area contributed by atoms with Gasteiger partial charge in [0.05, 0.1) is 8.41 Å². The van der Waals surface area contributed by atoms with Crippen molar-refractivity contribution in [1.82, 2.24) is 0 Å². The molecule has 0 bridgehead atoms. The van der Waals surface area contributed by atoms with Crippen LogP contribution in [0, 0.1) is 0 Å². The molecule has 0 nitrogen and oxygen atoms in total. The Morgan fingerprint density at radius 3 is 1.00 bits per heavy atom. The van der Waals surface area contributed by atoms with E-state index in [1.165, 1.54) is 0 Å². The van der Waals surface area contributed by atoms with Gasteiger partial charge in [0.1, 0.15) is 0 Å². The van der Waals surface area contributed by atoms with Gasteiger partial charge in [0, 0.05) is 47.3 Å². The Balaban J connectivity index is 0. The molecule has 0 unspecified atom stereocenters. The third kappa shape index (κ3) is 9.13. The van der Waals surface area contributed by atoms with E-state index in [1.807, 2.05) is 0 Å². The minimum atomic E-state index is 0. The van der Waals surface area contributed by atoms with Crippen LogP contribution in [-0.2, 0) is 47.3 Å². The largest absolute Gasteiger partial charge is 0.0814 e. The van der Waals surface area contributed by atoms with Crippen LogP contribution in [0.4, 0.5) is 0 Å². The molecule has 0 saturated carbocycles. The van der Waals surface area contributed by atoms with Crippen LogP contribution >= 0.6 is 0 Å². The third-order valence-electron chi connectivity index (χ3n) is 0. The van der Waals surface area contributed by atoms with Gasteiger partial charge in [-0.1, -0.05) is 0 Å². The minimum absolute atomic E-state index is 0. The van der Waals surface area contributed by atoms with E-state index in [-0.39, 0.29) is 66.6 Å². The quantitative estimate of drug-likeness (QED) is 0.401. The maximum Gasteiger partial charge on any atom is 0.0814 e. The SMILES string of the molecule is B.[Mo].[SiH4].[Zr]. The van der Waals surface area contributed by atoms with Crippen LogP contribution in [0.2, 0.25) is 0 Å². The molecule has 0 spiro atoms. The molecule has 0 atom stereocenters. The zero-order chi connectivity index (χ0) is 0. The first-order chi connectivity index (χ1) is 0. The molecule has 0 amide bonds. The molecular weight excluding hydrogens is 226 g/mol. The molecular formula is H7BMoSiZr. The molecule has 0 aromatic carbocycles. The van der Waals surface area contributed by atoms with Crippen LogP contribution < -0.4 is 0 Å². The average molecular weight is 233 g/mol. The van der Waals surface area contributed by atoms with Gasteiger partial charge >= 0.3 is 0 Å². The van der Waals surface area contributed by atoms with E-state index in [0.717, 1.165) is 0 Å². The summed E-state index contributed by atoms with van der Waals surface area (Å²) in [7, 11) is 0. The molecule has 0 heterocycles. The van der Waals surface area contributed by atoms with Crippen LogP contribution in [0.15, 0.2) is 0 Å². The molecule has 4 heteroatoms. The summed E-state index contributed by atoms with van der Waals surface area (Å²) < 4.78 is 0. The molecule has 0 aliphatic heterocycles. The third-order valence-corrected chi connectivity index (χ3v) is 0. The van der Waals surface area contributed by atoms with Crippen molar-refractivity contribution in [2.24, 2.45) is 0 Å². The van der Waals surface area contributed by atoms with Gasteiger partial charge in [-0.3, -0.25) is 0 Å². The summed E-state index contributed by atoms with van der Waals surface area (Å²) in [6, 6.07) is 0. The predicted octanol–water partition coefficient (Wildman–Crippen LogP) is -2.64. The summed E-state index contributed by atoms with van der Waals surface area (Å²) in [5.41, 5.74) is 0. The Labute approximate surface area is 66.1 Å². The molecule has 0 aliphatic carbocycles. The molecule has 0 aromatic rings. The first-order valence-electron chi connectivity index (χ1n) is 0. The molecule has 0 radical (unpaired) electrons. The Morgan fingerprint density at radius 1 is 1.00 bits per heavy atom. The maximum atomic E-state index is 0. The van der Waals surface area contributed by atoms with Crippen molar-refractivity contribution in [2.45, 2.75) is 0 Å². The summed E-state index contributed by atoms with van der Waals surface area (Å²) in [6.07, 6.45) is 0. The summed E-state index contributed by atoms with van der Waals surface area (Å²) >= 11 is 0. The molecule has 0 N–H and O–H groups in total. The monoisotopic (exact) mass is 234 g/mol. The molecule has 0 saturated heterocycles. The first kappa shape index (κ1) is 40.1. The molecule has 24 valence electrons. The van der Waals surface area contributed by atoms with E-state index in [1.54, 1.807) is 0 Å². The van der Waals surface area contributed by atoms with Gasteiger partial charge in [-0.25, -0.2) is 0 Å². The van der Waals surface area contributed by atoms with Crippen LogP contribution in [-0.4, -0.2) is 19.4 Å². The Hall–Kier alpha value is 1.85. The van der Waals surface area contributed by atoms with E-state index in [4.69, 9.17) is 0 Å². The second-order valence-corrected chi connectivity index (χ2v) is 0. The summed E-state index contributed by atoms with van der Waals surface area (Å²) in [5.74, 6) is 0. The molecule has 0 aliphatic rings. The van der Waals surface area contributed by atoms with Crippen molar-refractivity contribution in [3.63, 3.8) is 0 Å². The van der Waals surface area contributed by atoms with E-state index >= 15 is 0 Å². The first-order valence-corrected chi connectivity index (χ1v) is 0. The second-order valence-electron chi connectivity index (χ2n) is 0. The van der Waals surface area contributed by atoms with Crippen LogP contribution in [0.5, 0.6) is 0 Å². The summed E-state index contributed by atoms with van der Waals surface area (Å²) in [6.45, 7) is 0. The van der Waals surface area contributed by atoms with E-state index in [0.29, 0.717) is 0 Å². The van der Waals surface area contributed by atoms with Gasteiger partial charge in [0.25, 0.3) is 0 Å². The minimum Gasteiger partial charge on any atom is -0.0149 e. The maximum absolute atomic E-state index is 0. The number of rotatable bonds is 0. The van der Waals surface area contributed by atoms with Gasteiger partial charge in [0.15, 0.2) is 0 Å². The fraction of sp³-hybridized carbons (Fsp3) is 0. The van der Waals surface area contributed by atoms with E-state index in [9.17, 15) is 0 Å². The zero-order valence-corrected chi connectivity index (χ0v) is 5.37.